The third-order valence-electron chi connectivity index (χ3n) is 3.17. The van der Waals surface area contributed by atoms with Crippen LogP contribution in [0.15, 0.2) is 24.5 Å². The molecule has 0 aliphatic rings. The molecule has 0 saturated heterocycles. The summed E-state index contributed by atoms with van der Waals surface area (Å²) in [6, 6.07) is 3.76. The number of thiazole rings is 1. The second-order valence-electron chi connectivity index (χ2n) is 4.45. The van der Waals surface area contributed by atoms with E-state index in [9.17, 15) is 4.79 Å². The van der Waals surface area contributed by atoms with E-state index in [2.05, 4.69) is 16.9 Å². The van der Waals surface area contributed by atoms with Crippen LogP contribution in [0.2, 0.25) is 0 Å². The fourth-order valence-electron chi connectivity index (χ4n) is 2.12. The van der Waals surface area contributed by atoms with Crippen molar-refractivity contribution in [3.8, 4) is 0 Å². The molecule has 3 aromatic rings. The summed E-state index contributed by atoms with van der Waals surface area (Å²) in [6.45, 7) is 4.73. The van der Waals surface area contributed by atoms with E-state index >= 15 is 0 Å². The fraction of sp³-hybridized carbons (Fsp3) is 0.214. The van der Waals surface area contributed by atoms with Crippen LogP contribution in [-0.4, -0.2) is 20.8 Å². The van der Waals surface area contributed by atoms with Gasteiger partial charge in [-0.2, -0.15) is 0 Å². The molecule has 0 aliphatic carbocycles. The van der Waals surface area contributed by atoms with Crippen LogP contribution in [-0.2, 0) is 6.54 Å². The van der Waals surface area contributed by atoms with Gasteiger partial charge in [0.05, 0.1) is 12.2 Å². The van der Waals surface area contributed by atoms with Crippen molar-refractivity contribution in [2.24, 2.45) is 0 Å². The van der Waals surface area contributed by atoms with Crippen LogP contribution in [0.25, 0.3) is 11.0 Å². The zero-order valence-corrected chi connectivity index (χ0v) is 11.6. The van der Waals surface area contributed by atoms with Gasteiger partial charge in [0.1, 0.15) is 10.7 Å². The molecule has 0 radical (unpaired) electrons. The van der Waals surface area contributed by atoms with E-state index < -0.39 is 0 Å². The van der Waals surface area contributed by atoms with Crippen LogP contribution in [0.5, 0.6) is 0 Å². The average Bonchev–Trinajstić information content (AvgIpc) is 2.92. The lowest BCUT2D eigenvalue weighted by atomic mass is 10.2. The minimum absolute atomic E-state index is 0.653. The highest BCUT2D eigenvalue weighted by Crippen LogP contribution is 2.22. The molecule has 0 amide bonds. The van der Waals surface area contributed by atoms with Crippen LogP contribution < -0.4 is 0 Å². The van der Waals surface area contributed by atoms with Gasteiger partial charge in [0.2, 0.25) is 0 Å². The first-order valence-electron chi connectivity index (χ1n) is 6.01. The molecule has 0 N–H and O–H groups in total. The third-order valence-corrected chi connectivity index (χ3v) is 4.23. The number of aryl methyl sites for hydroxylation is 2. The Hall–Kier alpha value is -2.01. The molecule has 3 rings (SSSR count). The summed E-state index contributed by atoms with van der Waals surface area (Å²) in [5.41, 5.74) is 2.57. The summed E-state index contributed by atoms with van der Waals surface area (Å²) in [7, 11) is 0. The summed E-state index contributed by atoms with van der Waals surface area (Å²) in [5, 5.41) is 1.93. The molecule has 0 atom stereocenters. The summed E-state index contributed by atoms with van der Waals surface area (Å²) >= 11 is 1.69. The van der Waals surface area contributed by atoms with E-state index in [4.69, 9.17) is 0 Å². The lowest BCUT2D eigenvalue weighted by Gasteiger charge is -2.00. The van der Waals surface area contributed by atoms with E-state index in [1.54, 1.807) is 17.5 Å². The molecular formula is C14H13N3OS. The molecule has 0 aromatic carbocycles. The van der Waals surface area contributed by atoms with Crippen molar-refractivity contribution in [3.05, 3.63) is 45.7 Å². The second kappa shape index (κ2) is 4.59. The minimum Gasteiger partial charge on any atom is -0.325 e. The maximum absolute atomic E-state index is 11.1. The number of pyridine rings is 1. The van der Waals surface area contributed by atoms with E-state index in [0.29, 0.717) is 12.1 Å². The van der Waals surface area contributed by atoms with Gasteiger partial charge in [-0.05, 0) is 26.0 Å². The average molecular weight is 271 g/mol. The Morgan fingerprint density at radius 1 is 1.42 bits per heavy atom. The Balaban J connectivity index is 2.07. The molecule has 4 nitrogen and oxygen atoms in total. The molecule has 0 bridgehead atoms. The SMILES string of the molecule is Cc1nc(Cn2cc(C=O)c3cccnc32)sc1C. The quantitative estimate of drug-likeness (QED) is 0.688. The van der Waals surface area contributed by atoms with Gasteiger partial charge < -0.3 is 4.57 Å². The summed E-state index contributed by atoms with van der Waals surface area (Å²) in [6.07, 6.45) is 4.46. The van der Waals surface area contributed by atoms with Gasteiger partial charge in [0.15, 0.2) is 6.29 Å². The summed E-state index contributed by atoms with van der Waals surface area (Å²) < 4.78 is 1.98. The number of hydrogen-bond acceptors (Lipinski definition) is 4. The molecule has 19 heavy (non-hydrogen) atoms. The fourth-order valence-corrected chi connectivity index (χ4v) is 3.05. The Kier molecular flexibility index (Phi) is 2.91. The lowest BCUT2D eigenvalue weighted by molar-refractivity contribution is 0.112. The Bertz CT molecular complexity index is 738. The Labute approximate surface area is 114 Å². The van der Waals surface area contributed by atoms with Gasteiger partial charge in [-0.15, -0.1) is 11.3 Å². The molecule has 0 unspecified atom stereocenters. The molecule has 5 heteroatoms. The van der Waals surface area contributed by atoms with E-state index in [-0.39, 0.29) is 0 Å². The van der Waals surface area contributed by atoms with Crippen molar-refractivity contribution < 1.29 is 4.79 Å². The van der Waals surface area contributed by atoms with Crippen LogP contribution in [0, 0.1) is 13.8 Å². The smallest absolute Gasteiger partial charge is 0.152 e. The lowest BCUT2D eigenvalue weighted by Crippen LogP contribution is -1.98. The molecular weight excluding hydrogens is 258 g/mol. The molecule has 0 fully saturated rings. The summed E-state index contributed by atoms with van der Waals surface area (Å²) in [5.74, 6) is 0. The predicted molar refractivity (Wildman–Crippen MR) is 75.8 cm³/mol. The van der Waals surface area contributed by atoms with Crippen LogP contribution >= 0.6 is 11.3 Å². The first-order chi connectivity index (χ1) is 9.19. The normalized spacial score (nSPS) is 11.1. The molecule has 0 spiro atoms. The second-order valence-corrected chi connectivity index (χ2v) is 5.74. The van der Waals surface area contributed by atoms with Crippen LogP contribution in [0.3, 0.4) is 0 Å². The maximum Gasteiger partial charge on any atom is 0.152 e. The molecule has 3 aromatic heterocycles. The van der Waals surface area contributed by atoms with Gasteiger partial charge >= 0.3 is 0 Å². The van der Waals surface area contributed by atoms with Gasteiger partial charge in [0.25, 0.3) is 0 Å². The van der Waals surface area contributed by atoms with Gasteiger partial charge in [-0.3, -0.25) is 4.79 Å². The van der Waals surface area contributed by atoms with E-state index in [1.165, 1.54) is 4.88 Å². The number of nitrogens with zero attached hydrogens (tertiary/aromatic N) is 3. The zero-order valence-electron chi connectivity index (χ0n) is 10.8. The molecule has 0 saturated carbocycles. The van der Waals surface area contributed by atoms with Crippen molar-refractivity contribution in [2.45, 2.75) is 20.4 Å². The van der Waals surface area contributed by atoms with Crippen molar-refractivity contribution in [2.75, 3.05) is 0 Å². The van der Waals surface area contributed by atoms with E-state index in [0.717, 1.165) is 28.0 Å². The highest BCUT2D eigenvalue weighted by Gasteiger charge is 2.11. The molecule has 96 valence electrons. The predicted octanol–water partition coefficient (Wildman–Crippen LogP) is 2.97. The number of carbonyl (C=O) groups excluding carboxylic acids is 1. The topological polar surface area (TPSA) is 47.8 Å². The van der Waals surface area contributed by atoms with Crippen molar-refractivity contribution in [1.29, 1.82) is 0 Å². The largest absolute Gasteiger partial charge is 0.325 e. The number of fused-ring (bicyclic) bond motifs is 1. The van der Waals surface area contributed by atoms with Gasteiger partial charge in [-0.25, -0.2) is 9.97 Å². The van der Waals surface area contributed by atoms with Crippen LogP contribution in [0.4, 0.5) is 0 Å². The van der Waals surface area contributed by atoms with Crippen molar-refractivity contribution in [1.82, 2.24) is 14.5 Å². The maximum atomic E-state index is 11.1. The van der Waals surface area contributed by atoms with Crippen molar-refractivity contribution in [3.63, 3.8) is 0 Å². The Morgan fingerprint density at radius 2 is 2.26 bits per heavy atom. The molecule has 0 aliphatic heterocycles. The first kappa shape index (κ1) is 12.0. The number of carbonyl (C=O) groups is 1. The molecule has 3 heterocycles. The number of aldehydes is 1. The highest BCUT2D eigenvalue weighted by atomic mass is 32.1. The standard InChI is InChI=1S/C14H13N3OS/c1-9-10(2)19-13(16-9)7-17-6-11(8-18)12-4-3-5-15-14(12)17/h3-6,8H,7H2,1-2H3. The van der Waals surface area contributed by atoms with Gasteiger partial charge in [0, 0.05) is 28.2 Å². The monoisotopic (exact) mass is 271 g/mol. The number of rotatable bonds is 3. The zero-order chi connectivity index (χ0) is 13.4. The summed E-state index contributed by atoms with van der Waals surface area (Å²) in [4.78, 5) is 21.2. The minimum atomic E-state index is 0.653. The Morgan fingerprint density at radius 3 is 2.95 bits per heavy atom. The van der Waals surface area contributed by atoms with Crippen LogP contribution in [0.1, 0.15) is 25.9 Å². The van der Waals surface area contributed by atoms with E-state index in [1.807, 2.05) is 29.8 Å². The van der Waals surface area contributed by atoms with Crippen molar-refractivity contribution >= 4 is 28.7 Å². The number of hydrogen-bond donors (Lipinski definition) is 0. The number of aromatic nitrogens is 3. The van der Waals surface area contributed by atoms with Gasteiger partial charge in [-0.1, -0.05) is 0 Å². The highest BCUT2D eigenvalue weighted by molar-refractivity contribution is 7.11. The third kappa shape index (κ3) is 2.06. The first-order valence-corrected chi connectivity index (χ1v) is 6.82.